The van der Waals surface area contributed by atoms with Crippen LogP contribution < -0.4 is 4.90 Å². The van der Waals surface area contributed by atoms with E-state index in [-0.39, 0.29) is 11.8 Å². The molecule has 25 heavy (non-hydrogen) atoms. The van der Waals surface area contributed by atoms with Gasteiger partial charge in [-0.1, -0.05) is 6.92 Å². The molecule has 0 aliphatic carbocycles. The predicted molar refractivity (Wildman–Crippen MR) is 96.3 cm³/mol. The number of piperazine rings is 1. The maximum Gasteiger partial charge on any atom is 0.236 e. The van der Waals surface area contributed by atoms with Crippen LogP contribution in [-0.2, 0) is 4.79 Å². The van der Waals surface area contributed by atoms with Gasteiger partial charge >= 0.3 is 0 Å². The minimum absolute atomic E-state index is 0.164. The lowest BCUT2D eigenvalue weighted by molar-refractivity contribution is -0.140. The van der Waals surface area contributed by atoms with Gasteiger partial charge in [-0.3, -0.25) is 9.69 Å². The fourth-order valence-corrected chi connectivity index (χ4v) is 3.77. The van der Waals surface area contributed by atoms with Crippen molar-refractivity contribution in [1.29, 1.82) is 0 Å². The van der Waals surface area contributed by atoms with E-state index in [1.807, 2.05) is 17.9 Å². The summed E-state index contributed by atoms with van der Waals surface area (Å²) in [5.74, 6) is 1.10. The average Bonchev–Trinajstić information content (AvgIpc) is 2.63. The molecule has 138 valence electrons. The highest BCUT2D eigenvalue weighted by Crippen LogP contribution is 2.30. The molecule has 7 heteroatoms. The second-order valence-electron chi connectivity index (χ2n) is 7.36. The Balaban J connectivity index is 1.48. The van der Waals surface area contributed by atoms with Crippen LogP contribution in [0.3, 0.4) is 0 Å². The fourth-order valence-electron chi connectivity index (χ4n) is 3.77. The van der Waals surface area contributed by atoms with Crippen LogP contribution in [0.5, 0.6) is 0 Å². The van der Waals surface area contributed by atoms with E-state index in [1.165, 1.54) is 0 Å². The van der Waals surface area contributed by atoms with E-state index >= 15 is 0 Å². The topological polar surface area (TPSA) is 72.8 Å². The Morgan fingerprint density at radius 2 is 1.92 bits per heavy atom. The molecular weight excluding hydrogens is 318 g/mol. The number of amides is 1. The van der Waals surface area contributed by atoms with Crippen molar-refractivity contribution in [2.45, 2.75) is 32.3 Å². The van der Waals surface area contributed by atoms with Crippen molar-refractivity contribution < 1.29 is 9.90 Å². The maximum atomic E-state index is 12.7. The van der Waals surface area contributed by atoms with Crippen molar-refractivity contribution in [3.05, 3.63) is 18.5 Å². The minimum atomic E-state index is -0.646. The highest BCUT2D eigenvalue weighted by atomic mass is 16.3. The van der Waals surface area contributed by atoms with E-state index < -0.39 is 5.60 Å². The molecule has 0 aromatic carbocycles. The Hall–Kier alpha value is -1.73. The molecule has 0 radical (unpaired) electrons. The molecule has 1 amide bonds. The SMILES string of the molecule is CC[C@H]1CN(C(=O)CN2CCN(c3ncccn3)CC2)CC[C@@]1(C)O. The number of carbonyl (C=O) groups excluding carboxylic acids is 1. The standard InChI is InChI=1S/C18H29N5O2/c1-3-15-13-23(8-5-18(15,2)25)16(24)14-21-9-11-22(12-10-21)17-19-6-4-7-20-17/h4,6-7,15,25H,3,5,8-14H2,1-2H3/t15-,18+/m0/s1. The second-order valence-corrected chi connectivity index (χ2v) is 7.36. The Morgan fingerprint density at radius 1 is 1.24 bits per heavy atom. The maximum absolute atomic E-state index is 12.7. The van der Waals surface area contributed by atoms with E-state index in [9.17, 15) is 9.90 Å². The number of aromatic nitrogens is 2. The number of rotatable bonds is 4. The van der Waals surface area contributed by atoms with Gasteiger partial charge < -0.3 is 14.9 Å². The van der Waals surface area contributed by atoms with Gasteiger partial charge in [-0.2, -0.15) is 0 Å². The third-order valence-electron chi connectivity index (χ3n) is 5.62. The van der Waals surface area contributed by atoms with Gasteiger partial charge in [0.1, 0.15) is 0 Å². The smallest absolute Gasteiger partial charge is 0.236 e. The number of hydrogen-bond donors (Lipinski definition) is 1. The summed E-state index contributed by atoms with van der Waals surface area (Å²) in [6, 6.07) is 1.82. The largest absolute Gasteiger partial charge is 0.390 e. The molecule has 0 spiro atoms. The van der Waals surface area contributed by atoms with Gasteiger partial charge in [0.25, 0.3) is 0 Å². The van der Waals surface area contributed by atoms with E-state index in [2.05, 4.69) is 26.7 Å². The lowest BCUT2D eigenvalue weighted by Crippen LogP contribution is -2.55. The van der Waals surface area contributed by atoms with Crippen LogP contribution in [0, 0.1) is 5.92 Å². The highest BCUT2D eigenvalue weighted by Gasteiger charge is 2.38. The summed E-state index contributed by atoms with van der Waals surface area (Å²) < 4.78 is 0. The normalized spacial score (nSPS) is 28.2. The zero-order valence-electron chi connectivity index (χ0n) is 15.3. The van der Waals surface area contributed by atoms with E-state index in [0.717, 1.165) is 38.5 Å². The van der Waals surface area contributed by atoms with Gasteiger partial charge in [0, 0.05) is 57.6 Å². The van der Waals surface area contributed by atoms with Crippen molar-refractivity contribution in [1.82, 2.24) is 19.8 Å². The van der Waals surface area contributed by atoms with Crippen molar-refractivity contribution in [3.63, 3.8) is 0 Å². The van der Waals surface area contributed by atoms with Gasteiger partial charge in [0.05, 0.1) is 12.1 Å². The molecule has 2 aliphatic rings. The van der Waals surface area contributed by atoms with Crippen LogP contribution >= 0.6 is 0 Å². The van der Waals surface area contributed by atoms with Gasteiger partial charge in [-0.15, -0.1) is 0 Å². The quantitative estimate of drug-likeness (QED) is 0.860. The molecule has 3 rings (SSSR count). The molecule has 0 saturated carbocycles. The lowest BCUT2D eigenvalue weighted by Gasteiger charge is -2.43. The van der Waals surface area contributed by atoms with Gasteiger partial charge in [-0.05, 0) is 25.8 Å². The number of hydrogen-bond acceptors (Lipinski definition) is 6. The molecule has 0 bridgehead atoms. The first kappa shape index (κ1) is 18.1. The summed E-state index contributed by atoms with van der Waals surface area (Å²) in [5.41, 5.74) is -0.646. The van der Waals surface area contributed by atoms with Crippen LogP contribution in [0.25, 0.3) is 0 Å². The second kappa shape index (κ2) is 7.66. The summed E-state index contributed by atoms with van der Waals surface area (Å²) in [7, 11) is 0. The number of anilines is 1. The first-order chi connectivity index (χ1) is 12.0. The summed E-state index contributed by atoms with van der Waals surface area (Å²) in [5, 5.41) is 10.4. The van der Waals surface area contributed by atoms with Crippen LogP contribution in [0.4, 0.5) is 5.95 Å². The Morgan fingerprint density at radius 3 is 2.56 bits per heavy atom. The number of likely N-dealkylation sites (tertiary alicyclic amines) is 1. The highest BCUT2D eigenvalue weighted by molar-refractivity contribution is 5.78. The van der Waals surface area contributed by atoms with Crippen LogP contribution in [-0.4, -0.2) is 82.2 Å². The molecular formula is C18H29N5O2. The van der Waals surface area contributed by atoms with Gasteiger partial charge in [0.15, 0.2) is 0 Å². The van der Waals surface area contributed by atoms with E-state index in [1.54, 1.807) is 12.4 Å². The average molecular weight is 347 g/mol. The lowest BCUT2D eigenvalue weighted by atomic mass is 9.81. The van der Waals surface area contributed by atoms with Crippen molar-refractivity contribution in [3.8, 4) is 0 Å². The van der Waals surface area contributed by atoms with Crippen molar-refractivity contribution in [2.75, 3.05) is 50.7 Å². The molecule has 0 unspecified atom stereocenters. The van der Waals surface area contributed by atoms with E-state index in [0.29, 0.717) is 26.1 Å². The number of nitrogens with zero attached hydrogens (tertiary/aromatic N) is 5. The number of piperidine rings is 1. The molecule has 2 fully saturated rings. The third kappa shape index (κ3) is 4.27. The summed E-state index contributed by atoms with van der Waals surface area (Å²) in [4.78, 5) is 27.5. The molecule has 1 aromatic rings. The number of aliphatic hydroxyl groups is 1. The molecule has 7 nitrogen and oxygen atoms in total. The zero-order valence-corrected chi connectivity index (χ0v) is 15.3. The Bertz CT molecular complexity index is 572. The van der Waals surface area contributed by atoms with Crippen LogP contribution in [0.2, 0.25) is 0 Å². The summed E-state index contributed by atoms with van der Waals surface area (Å²) in [6.07, 6.45) is 5.07. The van der Waals surface area contributed by atoms with Crippen molar-refractivity contribution >= 4 is 11.9 Å². The predicted octanol–water partition coefficient (Wildman–Crippen LogP) is 0.608. The monoisotopic (exact) mass is 347 g/mol. The molecule has 1 N–H and O–H groups in total. The van der Waals surface area contributed by atoms with E-state index in [4.69, 9.17) is 0 Å². The Labute approximate surface area is 149 Å². The minimum Gasteiger partial charge on any atom is -0.390 e. The zero-order chi connectivity index (χ0) is 17.9. The number of carbonyl (C=O) groups is 1. The fraction of sp³-hybridized carbons (Fsp3) is 0.722. The molecule has 2 aliphatic heterocycles. The third-order valence-corrected chi connectivity index (χ3v) is 5.62. The molecule has 2 saturated heterocycles. The van der Waals surface area contributed by atoms with Crippen molar-refractivity contribution in [2.24, 2.45) is 5.92 Å². The molecule has 2 atom stereocenters. The summed E-state index contributed by atoms with van der Waals surface area (Å²) >= 11 is 0. The molecule has 1 aromatic heterocycles. The Kier molecular flexibility index (Phi) is 5.54. The first-order valence-corrected chi connectivity index (χ1v) is 9.24. The van der Waals surface area contributed by atoms with Crippen LogP contribution in [0.15, 0.2) is 18.5 Å². The molecule has 3 heterocycles. The van der Waals surface area contributed by atoms with Gasteiger partial charge in [0.2, 0.25) is 11.9 Å². The van der Waals surface area contributed by atoms with Gasteiger partial charge in [-0.25, -0.2) is 9.97 Å². The first-order valence-electron chi connectivity index (χ1n) is 9.24. The summed E-state index contributed by atoms with van der Waals surface area (Å²) in [6.45, 7) is 9.11. The van der Waals surface area contributed by atoms with Crippen LogP contribution in [0.1, 0.15) is 26.7 Å².